The molecule has 2 rings (SSSR count). The fraction of sp³-hybridized carbons (Fsp3) is 0.417. The van der Waals surface area contributed by atoms with Crippen molar-refractivity contribution in [1.82, 2.24) is 10.3 Å². The summed E-state index contributed by atoms with van der Waals surface area (Å²) in [6.07, 6.45) is 6.40. The molecule has 1 heterocycles. The second-order valence-electron chi connectivity index (χ2n) is 4.46. The smallest absolute Gasteiger partial charge is 0.252 e. The SMILES string of the molecule is N/C(=N/O)C1(NC(=O)c2ccncc2)CCCC1. The third-order valence-corrected chi connectivity index (χ3v) is 3.35. The van der Waals surface area contributed by atoms with Crippen LogP contribution in [-0.4, -0.2) is 27.5 Å². The zero-order chi connectivity index (χ0) is 13.0. The van der Waals surface area contributed by atoms with Crippen molar-refractivity contribution in [3.05, 3.63) is 30.1 Å². The van der Waals surface area contributed by atoms with Gasteiger partial charge in [0.1, 0.15) is 5.54 Å². The van der Waals surface area contributed by atoms with Crippen molar-refractivity contribution in [2.45, 2.75) is 31.2 Å². The summed E-state index contributed by atoms with van der Waals surface area (Å²) in [4.78, 5) is 16.0. The van der Waals surface area contributed by atoms with Crippen LogP contribution in [-0.2, 0) is 0 Å². The van der Waals surface area contributed by atoms with E-state index in [0.29, 0.717) is 18.4 Å². The summed E-state index contributed by atoms with van der Waals surface area (Å²) < 4.78 is 0. The molecule has 0 bridgehead atoms. The molecule has 1 fully saturated rings. The molecular formula is C12H16N4O2. The number of nitrogens with one attached hydrogen (secondary N) is 1. The fourth-order valence-electron chi connectivity index (χ4n) is 2.31. The predicted molar refractivity (Wildman–Crippen MR) is 66.3 cm³/mol. The Morgan fingerprint density at radius 2 is 2.00 bits per heavy atom. The number of oxime groups is 1. The molecule has 18 heavy (non-hydrogen) atoms. The van der Waals surface area contributed by atoms with Crippen LogP contribution in [0.4, 0.5) is 0 Å². The normalized spacial score (nSPS) is 18.6. The van der Waals surface area contributed by atoms with Gasteiger partial charge in [-0.05, 0) is 25.0 Å². The van der Waals surface area contributed by atoms with Crippen molar-refractivity contribution in [2.24, 2.45) is 10.9 Å². The average Bonchev–Trinajstić information content (AvgIpc) is 2.88. The summed E-state index contributed by atoms with van der Waals surface area (Å²) in [7, 11) is 0. The van der Waals surface area contributed by atoms with E-state index in [2.05, 4.69) is 15.5 Å². The van der Waals surface area contributed by atoms with Gasteiger partial charge in [-0.1, -0.05) is 18.0 Å². The Hall–Kier alpha value is -2.11. The maximum atomic E-state index is 12.1. The van der Waals surface area contributed by atoms with Crippen LogP contribution < -0.4 is 11.1 Å². The highest BCUT2D eigenvalue weighted by molar-refractivity contribution is 6.00. The number of rotatable bonds is 3. The number of hydrogen-bond acceptors (Lipinski definition) is 4. The second-order valence-corrected chi connectivity index (χ2v) is 4.46. The lowest BCUT2D eigenvalue weighted by Crippen LogP contribution is -2.55. The minimum absolute atomic E-state index is 0.0717. The van der Waals surface area contributed by atoms with Gasteiger partial charge in [0.05, 0.1) is 0 Å². The summed E-state index contributed by atoms with van der Waals surface area (Å²) in [5, 5.41) is 14.8. The summed E-state index contributed by atoms with van der Waals surface area (Å²) in [5.41, 5.74) is 5.52. The highest BCUT2D eigenvalue weighted by Crippen LogP contribution is 2.30. The third kappa shape index (κ3) is 2.27. The lowest BCUT2D eigenvalue weighted by atomic mass is 9.95. The molecular weight excluding hydrogens is 232 g/mol. The van der Waals surface area contributed by atoms with Crippen LogP contribution in [0.25, 0.3) is 0 Å². The molecule has 1 aliphatic rings. The van der Waals surface area contributed by atoms with Crippen LogP contribution in [0.5, 0.6) is 0 Å². The molecule has 1 aromatic heterocycles. The van der Waals surface area contributed by atoms with E-state index in [1.807, 2.05) is 0 Å². The monoisotopic (exact) mass is 248 g/mol. The van der Waals surface area contributed by atoms with Crippen LogP contribution in [0.1, 0.15) is 36.0 Å². The summed E-state index contributed by atoms with van der Waals surface area (Å²) in [5.74, 6) is -0.159. The first-order valence-electron chi connectivity index (χ1n) is 5.88. The number of hydrogen-bond donors (Lipinski definition) is 3. The summed E-state index contributed by atoms with van der Waals surface area (Å²) >= 11 is 0. The van der Waals surface area contributed by atoms with Crippen LogP contribution in [0.2, 0.25) is 0 Å². The van der Waals surface area contributed by atoms with Crippen molar-refractivity contribution < 1.29 is 10.0 Å². The van der Waals surface area contributed by atoms with E-state index < -0.39 is 5.54 Å². The Morgan fingerprint density at radius 1 is 1.39 bits per heavy atom. The van der Waals surface area contributed by atoms with Crippen LogP contribution >= 0.6 is 0 Å². The van der Waals surface area contributed by atoms with Gasteiger partial charge < -0.3 is 16.3 Å². The lowest BCUT2D eigenvalue weighted by molar-refractivity contribution is 0.0922. The summed E-state index contributed by atoms with van der Waals surface area (Å²) in [6, 6.07) is 3.26. The number of pyridine rings is 1. The number of carbonyl (C=O) groups excluding carboxylic acids is 1. The lowest BCUT2D eigenvalue weighted by Gasteiger charge is -2.28. The molecule has 6 heteroatoms. The van der Waals surface area contributed by atoms with Crippen molar-refractivity contribution >= 4 is 11.7 Å². The van der Waals surface area contributed by atoms with Gasteiger partial charge in [-0.2, -0.15) is 0 Å². The highest BCUT2D eigenvalue weighted by atomic mass is 16.4. The minimum atomic E-state index is -0.713. The largest absolute Gasteiger partial charge is 0.409 e. The zero-order valence-corrected chi connectivity index (χ0v) is 9.97. The summed E-state index contributed by atoms with van der Waals surface area (Å²) in [6.45, 7) is 0. The van der Waals surface area contributed by atoms with Gasteiger partial charge in [0.25, 0.3) is 5.91 Å². The van der Waals surface area contributed by atoms with E-state index in [1.54, 1.807) is 24.5 Å². The van der Waals surface area contributed by atoms with Crippen LogP contribution in [0, 0.1) is 0 Å². The molecule has 4 N–H and O–H groups in total. The number of nitrogens with zero attached hydrogens (tertiary/aromatic N) is 2. The number of amides is 1. The number of amidine groups is 1. The first-order chi connectivity index (χ1) is 8.68. The van der Waals surface area contributed by atoms with Gasteiger partial charge in [0, 0.05) is 18.0 Å². The maximum absolute atomic E-state index is 12.1. The first-order valence-corrected chi connectivity index (χ1v) is 5.88. The van der Waals surface area contributed by atoms with Crippen molar-refractivity contribution in [2.75, 3.05) is 0 Å². The number of carbonyl (C=O) groups is 1. The Labute approximate surface area is 105 Å². The molecule has 0 spiro atoms. The second kappa shape index (κ2) is 5.03. The molecule has 6 nitrogen and oxygen atoms in total. The van der Waals surface area contributed by atoms with Gasteiger partial charge in [-0.15, -0.1) is 0 Å². The zero-order valence-electron chi connectivity index (χ0n) is 9.97. The van der Waals surface area contributed by atoms with Crippen LogP contribution in [0.15, 0.2) is 29.7 Å². The van der Waals surface area contributed by atoms with E-state index >= 15 is 0 Å². The molecule has 0 aromatic carbocycles. The number of nitrogens with two attached hydrogens (primary N) is 1. The van der Waals surface area contributed by atoms with Gasteiger partial charge in [-0.25, -0.2) is 0 Å². The maximum Gasteiger partial charge on any atom is 0.252 e. The first kappa shape index (κ1) is 12.3. The minimum Gasteiger partial charge on any atom is -0.409 e. The molecule has 1 saturated carbocycles. The molecule has 96 valence electrons. The molecule has 0 atom stereocenters. The van der Waals surface area contributed by atoms with E-state index in [9.17, 15) is 4.79 Å². The number of aromatic nitrogens is 1. The van der Waals surface area contributed by atoms with Gasteiger partial charge in [0.15, 0.2) is 5.84 Å². The van der Waals surface area contributed by atoms with E-state index in [-0.39, 0.29) is 11.7 Å². The van der Waals surface area contributed by atoms with E-state index in [0.717, 1.165) is 12.8 Å². The Morgan fingerprint density at radius 3 is 2.56 bits per heavy atom. The van der Waals surface area contributed by atoms with Gasteiger partial charge >= 0.3 is 0 Å². The molecule has 1 amide bonds. The molecule has 0 radical (unpaired) electrons. The van der Waals surface area contributed by atoms with E-state index in [1.165, 1.54) is 0 Å². The highest BCUT2D eigenvalue weighted by Gasteiger charge is 2.39. The Balaban J connectivity index is 2.18. The Kier molecular flexibility index (Phi) is 3.45. The van der Waals surface area contributed by atoms with Crippen LogP contribution in [0.3, 0.4) is 0 Å². The quantitative estimate of drug-likeness (QED) is 0.320. The molecule has 0 aliphatic heterocycles. The van der Waals surface area contributed by atoms with Crippen molar-refractivity contribution in [3.8, 4) is 0 Å². The van der Waals surface area contributed by atoms with Gasteiger partial charge in [-0.3, -0.25) is 9.78 Å². The molecule has 1 aliphatic carbocycles. The standard InChI is InChI=1S/C12H16N4O2/c13-11(16-18)12(5-1-2-6-12)15-10(17)9-3-7-14-8-4-9/h3-4,7-8,18H,1-2,5-6H2,(H2,13,16)(H,15,17). The Bertz CT molecular complexity index is 452. The average molecular weight is 248 g/mol. The molecule has 0 saturated heterocycles. The third-order valence-electron chi connectivity index (χ3n) is 3.35. The predicted octanol–water partition coefficient (Wildman–Crippen LogP) is 0.871. The van der Waals surface area contributed by atoms with E-state index in [4.69, 9.17) is 10.9 Å². The fourth-order valence-corrected chi connectivity index (χ4v) is 2.31. The topological polar surface area (TPSA) is 101 Å². The van der Waals surface area contributed by atoms with Crippen molar-refractivity contribution in [3.63, 3.8) is 0 Å². The molecule has 0 unspecified atom stereocenters. The van der Waals surface area contributed by atoms with Crippen molar-refractivity contribution in [1.29, 1.82) is 0 Å². The van der Waals surface area contributed by atoms with Gasteiger partial charge in [0.2, 0.25) is 0 Å². The molecule has 1 aromatic rings.